The molecule has 0 saturated carbocycles. The van der Waals surface area contributed by atoms with E-state index in [1.807, 2.05) is 0 Å². The first-order valence-electron chi connectivity index (χ1n) is 5.15. The number of rotatable bonds is 4. The third kappa shape index (κ3) is 2.79. The Morgan fingerprint density at radius 3 is 2.88 bits per heavy atom. The molecule has 5 nitrogen and oxygen atoms in total. The fraction of sp³-hybridized carbons (Fsp3) is 0.273. The van der Waals surface area contributed by atoms with Crippen molar-refractivity contribution in [3.8, 4) is 5.75 Å². The molecule has 0 bridgehead atoms. The molecule has 0 aliphatic heterocycles. The Morgan fingerprint density at radius 2 is 2.29 bits per heavy atom. The molecule has 0 fully saturated rings. The Morgan fingerprint density at radius 1 is 1.47 bits per heavy atom. The van der Waals surface area contributed by atoms with Gasteiger partial charge in [0.25, 0.3) is 0 Å². The van der Waals surface area contributed by atoms with E-state index in [1.165, 1.54) is 6.07 Å². The maximum Gasteiger partial charge on any atom is 0.165 e. The molecule has 1 heterocycles. The Hall–Kier alpha value is -1.95. The Bertz CT molecular complexity index is 512. The van der Waals surface area contributed by atoms with Crippen molar-refractivity contribution in [3.63, 3.8) is 0 Å². The average Bonchev–Trinajstić information content (AvgIpc) is 2.73. The topological polar surface area (TPSA) is 66.0 Å². The maximum absolute atomic E-state index is 13.5. The molecule has 2 N–H and O–H groups in total. The molecule has 1 aromatic carbocycles. The summed E-state index contributed by atoms with van der Waals surface area (Å²) in [5.41, 5.74) is 6.79. The molecule has 2 rings (SSSR count). The van der Waals surface area contributed by atoms with Gasteiger partial charge in [-0.1, -0.05) is 11.3 Å². The number of hydrogen-bond donors (Lipinski definition) is 1. The first-order chi connectivity index (χ1) is 8.19. The molecule has 0 unspecified atom stereocenters. The lowest BCUT2D eigenvalue weighted by Gasteiger charge is -2.06. The summed E-state index contributed by atoms with van der Waals surface area (Å²) in [6.45, 7) is 0.494. The van der Waals surface area contributed by atoms with Gasteiger partial charge in [-0.05, 0) is 17.7 Å². The van der Waals surface area contributed by atoms with Gasteiger partial charge in [0.2, 0.25) is 0 Å². The lowest BCUT2D eigenvalue weighted by molar-refractivity contribution is 0.285. The van der Waals surface area contributed by atoms with Gasteiger partial charge in [0.1, 0.15) is 12.3 Å². The molecule has 17 heavy (non-hydrogen) atoms. The number of ether oxygens (including phenoxy) is 1. The number of aromatic nitrogens is 3. The summed E-state index contributed by atoms with van der Waals surface area (Å²) in [6, 6.07) is 4.66. The SMILES string of the molecule is Cn1cc(COc2ccc(CN)cc2F)nn1. The van der Waals surface area contributed by atoms with Crippen LogP contribution < -0.4 is 10.5 Å². The highest BCUT2D eigenvalue weighted by Gasteiger charge is 2.06. The van der Waals surface area contributed by atoms with E-state index in [9.17, 15) is 4.39 Å². The normalized spacial score (nSPS) is 10.5. The summed E-state index contributed by atoms with van der Waals surface area (Å²) < 4.78 is 20.4. The predicted molar refractivity (Wildman–Crippen MR) is 59.6 cm³/mol. The Kier molecular flexibility index (Phi) is 3.34. The second-order valence-electron chi connectivity index (χ2n) is 3.64. The van der Waals surface area contributed by atoms with Crippen LogP contribution in [0, 0.1) is 5.82 Å². The minimum absolute atomic E-state index is 0.187. The maximum atomic E-state index is 13.5. The molecule has 90 valence electrons. The molecule has 0 amide bonds. The van der Waals surface area contributed by atoms with Gasteiger partial charge in [-0.3, -0.25) is 4.68 Å². The van der Waals surface area contributed by atoms with Gasteiger partial charge < -0.3 is 10.5 Å². The second kappa shape index (κ2) is 4.92. The molecule has 0 atom stereocenters. The van der Waals surface area contributed by atoms with Crippen molar-refractivity contribution in [2.75, 3.05) is 0 Å². The van der Waals surface area contributed by atoms with E-state index >= 15 is 0 Å². The van der Waals surface area contributed by atoms with Gasteiger partial charge in [0, 0.05) is 13.6 Å². The third-order valence-electron chi connectivity index (χ3n) is 2.26. The van der Waals surface area contributed by atoms with Gasteiger partial charge in [-0.25, -0.2) is 4.39 Å². The standard InChI is InChI=1S/C11H13FN4O/c1-16-6-9(14-15-16)7-17-11-3-2-8(5-13)4-10(11)12/h2-4,6H,5,7,13H2,1H3. The van der Waals surface area contributed by atoms with Crippen LogP contribution in [0.1, 0.15) is 11.3 Å². The smallest absolute Gasteiger partial charge is 0.165 e. The minimum atomic E-state index is -0.420. The fourth-order valence-electron chi connectivity index (χ4n) is 1.40. The molecule has 0 saturated heterocycles. The van der Waals surface area contributed by atoms with Crippen LogP contribution >= 0.6 is 0 Å². The van der Waals surface area contributed by atoms with Crippen LogP contribution in [0.2, 0.25) is 0 Å². The van der Waals surface area contributed by atoms with E-state index in [2.05, 4.69) is 10.3 Å². The number of halogens is 1. The van der Waals surface area contributed by atoms with Gasteiger partial charge in [-0.2, -0.15) is 0 Å². The van der Waals surface area contributed by atoms with Gasteiger partial charge in [0.05, 0.1) is 6.20 Å². The van der Waals surface area contributed by atoms with Crippen molar-refractivity contribution < 1.29 is 9.13 Å². The molecule has 0 radical (unpaired) electrons. The van der Waals surface area contributed by atoms with Crippen LogP contribution in [-0.4, -0.2) is 15.0 Å². The van der Waals surface area contributed by atoms with Crippen molar-refractivity contribution in [1.29, 1.82) is 0 Å². The van der Waals surface area contributed by atoms with Crippen LogP contribution in [0.3, 0.4) is 0 Å². The van der Waals surface area contributed by atoms with Crippen LogP contribution in [-0.2, 0) is 20.2 Å². The number of nitrogens with two attached hydrogens (primary N) is 1. The van der Waals surface area contributed by atoms with Crippen LogP contribution in [0.4, 0.5) is 4.39 Å². The zero-order valence-corrected chi connectivity index (χ0v) is 9.43. The Labute approximate surface area is 98.0 Å². The molecule has 2 aromatic rings. The van der Waals surface area contributed by atoms with E-state index in [4.69, 9.17) is 10.5 Å². The summed E-state index contributed by atoms with van der Waals surface area (Å²) >= 11 is 0. The molecular formula is C11H13FN4O. The first-order valence-corrected chi connectivity index (χ1v) is 5.15. The van der Waals surface area contributed by atoms with Crippen molar-refractivity contribution in [1.82, 2.24) is 15.0 Å². The van der Waals surface area contributed by atoms with Crippen LogP contribution in [0.5, 0.6) is 5.75 Å². The predicted octanol–water partition coefficient (Wildman–Crippen LogP) is 0.992. The molecule has 6 heteroatoms. The second-order valence-corrected chi connectivity index (χ2v) is 3.64. The Balaban J connectivity index is 2.04. The zero-order valence-electron chi connectivity index (χ0n) is 9.43. The van der Waals surface area contributed by atoms with Crippen LogP contribution in [0.25, 0.3) is 0 Å². The number of hydrogen-bond acceptors (Lipinski definition) is 4. The van der Waals surface area contributed by atoms with Crippen molar-refractivity contribution in [2.45, 2.75) is 13.2 Å². The van der Waals surface area contributed by atoms with E-state index in [0.717, 1.165) is 5.56 Å². The summed E-state index contributed by atoms with van der Waals surface area (Å²) in [6.07, 6.45) is 1.71. The quantitative estimate of drug-likeness (QED) is 0.859. The minimum Gasteiger partial charge on any atom is -0.484 e. The first kappa shape index (κ1) is 11.5. The van der Waals surface area contributed by atoms with E-state index < -0.39 is 5.82 Å². The van der Waals surface area contributed by atoms with Gasteiger partial charge in [0.15, 0.2) is 11.6 Å². The highest BCUT2D eigenvalue weighted by Crippen LogP contribution is 2.19. The molecule has 0 aliphatic rings. The highest BCUT2D eigenvalue weighted by molar-refractivity contribution is 5.29. The van der Waals surface area contributed by atoms with Crippen molar-refractivity contribution >= 4 is 0 Å². The van der Waals surface area contributed by atoms with Gasteiger partial charge in [-0.15, -0.1) is 5.10 Å². The van der Waals surface area contributed by atoms with Crippen molar-refractivity contribution in [3.05, 3.63) is 41.5 Å². The number of benzene rings is 1. The molecule has 0 aliphatic carbocycles. The van der Waals surface area contributed by atoms with E-state index in [1.54, 1.807) is 30.1 Å². The molecule has 0 spiro atoms. The summed E-state index contributed by atoms with van der Waals surface area (Å²) in [4.78, 5) is 0. The zero-order chi connectivity index (χ0) is 12.3. The van der Waals surface area contributed by atoms with E-state index in [-0.39, 0.29) is 12.4 Å². The number of nitrogens with zero attached hydrogens (tertiary/aromatic N) is 3. The van der Waals surface area contributed by atoms with Gasteiger partial charge >= 0.3 is 0 Å². The van der Waals surface area contributed by atoms with Crippen molar-refractivity contribution in [2.24, 2.45) is 12.8 Å². The molecule has 1 aromatic heterocycles. The monoisotopic (exact) mass is 236 g/mol. The third-order valence-corrected chi connectivity index (χ3v) is 2.26. The fourth-order valence-corrected chi connectivity index (χ4v) is 1.40. The molecular weight excluding hydrogens is 223 g/mol. The lowest BCUT2D eigenvalue weighted by atomic mass is 10.2. The number of aryl methyl sites for hydroxylation is 1. The highest BCUT2D eigenvalue weighted by atomic mass is 19.1. The van der Waals surface area contributed by atoms with Crippen LogP contribution in [0.15, 0.2) is 24.4 Å². The summed E-state index contributed by atoms with van der Waals surface area (Å²) in [5.74, 6) is -0.232. The summed E-state index contributed by atoms with van der Waals surface area (Å²) in [7, 11) is 1.76. The lowest BCUT2D eigenvalue weighted by Crippen LogP contribution is -2.00. The largest absolute Gasteiger partial charge is 0.484 e. The average molecular weight is 236 g/mol. The summed E-state index contributed by atoms with van der Waals surface area (Å²) in [5, 5.41) is 7.59. The van der Waals surface area contributed by atoms with E-state index in [0.29, 0.717) is 12.2 Å².